The van der Waals surface area contributed by atoms with Crippen LogP contribution in [0.5, 0.6) is 0 Å². The van der Waals surface area contributed by atoms with Gasteiger partial charge in [-0.1, -0.05) is 0 Å². The highest BCUT2D eigenvalue weighted by Crippen LogP contribution is 2.39. The van der Waals surface area contributed by atoms with Gasteiger partial charge in [-0.3, -0.25) is 4.39 Å². The first-order valence-corrected chi connectivity index (χ1v) is 4.92. The van der Waals surface area contributed by atoms with Gasteiger partial charge in [0.1, 0.15) is 0 Å². The van der Waals surface area contributed by atoms with Crippen LogP contribution in [-0.2, 0) is 9.47 Å². The SMILES string of the molecule is COC1(OC)CCC(CCCF)C1. The number of methoxy groups -OCH3 is 2. The largest absolute Gasteiger partial charge is 0.353 e. The Bertz CT molecular complexity index is 146. The summed E-state index contributed by atoms with van der Waals surface area (Å²) < 4.78 is 22.6. The lowest BCUT2D eigenvalue weighted by molar-refractivity contribution is -0.202. The van der Waals surface area contributed by atoms with E-state index in [1.807, 2.05) is 0 Å². The van der Waals surface area contributed by atoms with Gasteiger partial charge < -0.3 is 9.47 Å². The molecule has 3 heteroatoms. The molecule has 1 rings (SSSR count). The quantitative estimate of drug-likeness (QED) is 0.620. The van der Waals surface area contributed by atoms with Crippen molar-refractivity contribution in [3.8, 4) is 0 Å². The normalized spacial score (nSPS) is 26.5. The highest BCUT2D eigenvalue weighted by Gasteiger charge is 2.38. The van der Waals surface area contributed by atoms with Crippen LogP contribution in [0.25, 0.3) is 0 Å². The summed E-state index contributed by atoms with van der Waals surface area (Å²) in [5.41, 5.74) is 0. The maximum atomic E-state index is 11.9. The Balaban J connectivity index is 2.33. The summed E-state index contributed by atoms with van der Waals surface area (Å²) in [4.78, 5) is 0. The number of rotatable bonds is 5. The second-order valence-electron chi connectivity index (χ2n) is 3.76. The van der Waals surface area contributed by atoms with Crippen molar-refractivity contribution in [2.75, 3.05) is 20.9 Å². The topological polar surface area (TPSA) is 18.5 Å². The summed E-state index contributed by atoms with van der Waals surface area (Å²) in [6.07, 6.45) is 4.60. The molecule has 1 saturated carbocycles. The van der Waals surface area contributed by atoms with Crippen LogP contribution >= 0.6 is 0 Å². The molecule has 0 radical (unpaired) electrons. The second kappa shape index (κ2) is 4.91. The van der Waals surface area contributed by atoms with E-state index in [0.717, 1.165) is 25.7 Å². The van der Waals surface area contributed by atoms with Crippen LogP contribution in [0, 0.1) is 5.92 Å². The number of alkyl halides is 1. The first-order chi connectivity index (χ1) is 6.26. The number of hydrogen-bond donors (Lipinski definition) is 0. The predicted octanol–water partition coefficient (Wildman–Crippen LogP) is 2.53. The summed E-state index contributed by atoms with van der Waals surface area (Å²) in [7, 11) is 3.36. The Kier molecular flexibility index (Phi) is 4.13. The molecule has 0 amide bonds. The van der Waals surface area contributed by atoms with Crippen LogP contribution in [0.4, 0.5) is 4.39 Å². The molecule has 0 aromatic rings. The van der Waals surface area contributed by atoms with Crippen LogP contribution in [0.15, 0.2) is 0 Å². The Morgan fingerprint density at radius 2 is 2.08 bits per heavy atom. The zero-order valence-electron chi connectivity index (χ0n) is 8.51. The van der Waals surface area contributed by atoms with Crippen molar-refractivity contribution in [1.29, 1.82) is 0 Å². The Labute approximate surface area is 79.4 Å². The molecule has 2 nitrogen and oxygen atoms in total. The van der Waals surface area contributed by atoms with E-state index in [2.05, 4.69) is 0 Å². The standard InChI is InChI=1S/C10H19FO2/c1-12-10(13-2)6-5-9(8-10)4-3-7-11/h9H,3-8H2,1-2H3. The van der Waals surface area contributed by atoms with Crippen molar-refractivity contribution in [2.24, 2.45) is 5.92 Å². The Morgan fingerprint density at radius 1 is 1.38 bits per heavy atom. The van der Waals surface area contributed by atoms with E-state index >= 15 is 0 Å². The molecule has 78 valence electrons. The van der Waals surface area contributed by atoms with Gasteiger partial charge in [-0.25, -0.2) is 0 Å². The molecular weight excluding hydrogens is 171 g/mol. The molecule has 1 atom stereocenters. The summed E-state index contributed by atoms with van der Waals surface area (Å²) in [6, 6.07) is 0. The van der Waals surface area contributed by atoms with E-state index in [-0.39, 0.29) is 12.5 Å². The number of ether oxygens (including phenoxy) is 2. The van der Waals surface area contributed by atoms with Crippen LogP contribution in [0.3, 0.4) is 0 Å². The fraction of sp³-hybridized carbons (Fsp3) is 1.00. The van der Waals surface area contributed by atoms with Gasteiger partial charge in [-0.15, -0.1) is 0 Å². The average molecular weight is 190 g/mol. The molecule has 0 aromatic heterocycles. The van der Waals surface area contributed by atoms with Gasteiger partial charge in [0.2, 0.25) is 0 Å². The molecule has 1 aliphatic carbocycles. The third kappa shape index (κ3) is 2.64. The zero-order chi connectivity index (χ0) is 9.73. The maximum Gasteiger partial charge on any atom is 0.167 e. The van der Waals surface area contributed by atoms with Crippen molar-refractivity contribution < 1.29 is 13.9 Å². The summed E-state index contributed by atoms with van der Waals surface area (Å²) >= 11 is 0. The molecule has 13 heavy (non-hydrogen) atoms. The first kappa shape index (κ1) is 10.9. The second-order valence-corrected chi connectivity index (χ2v) is 3.76. The summed E-state index contributed by atoms with van der Waals surface area (Å²) in [5, 5.41) is 0. The van der Waals surface area contributed by atoms with E-state index in [9.17, 15) is 4.39 Å². The van der Waals surface area contributed by atoms with E-state index in [1.165, 1.54) is 0 Å². The monoisotopic (exact) mass is 190 g/mol. The minimum absolute atomic E-state index is 0.205. The summed E-state index contributed by atoms with van der Waals surface area (Å²) in [6.45, 7) is -0.205. The van der Waals surface area contributed by atoms with Gasteiger partial charge in [0.15, 0.2) is 5.79 Å². The molecule has 0 heterocycles. The Hall–Kier alpha value is -0.150. The minimum Gasteiger partial charge on any atom is -0.353 e. The minimum atomic E-state index is -0.374. The molecule has 1 fully saturated rings. The maximum absolute atomic E-state index is 11.9. The smallest absolute Gasteiger partial charge is 0.167 e. The first-order valence-electron chi connectivity index (χ1n) is 4.92. The van der Waals surface area contributed by atoms with Crippen molar-refractivity contribution in [2.45, 2.75) is 37.9 Å². The van der Waals surface area contributed by atoms with Crippen molar-refractivity contribution >= 4 is 0 Å². The van der Waals surface area contributed by atoms with Gasteiger partial charge >= 0.3 is 0 Å². The molecule has 0 aliphatic heterocycles. The van der Waals surface area contributed by atoms with Crippen LogP contribution in [0.2, 0.25) is 0 Å². The molecule has 1 aliphatic rings. The molecular formula is C10H19FO2. The predicted molar refractivity (Wildman–Crippen MR) is 49.3 cm³/mol. The number of hydrogen-bond acceptors (Lipinski definition) is 2. The lowest BCUT2D eigenvalue weighted by Crippen LogP contribution is -2.30. The van der Waals surface area contributed by atoms with E-state index in [0.29, 0.717) is 12.3 Å². The third-order valence-corrected chi connectivity index (χ3v) is 3.02. The lowest BCUT2D eigenvalue weighted by Gasteiger charge is -2.25. The van der Waals surface area contributed by atoms with E-state index < -0.39 is 0 Å². The molecule has 0 bridgehead atoms. The lowest BCUT2D eigenvalue weighted by atomic mass is 10.0. The fourth-order valence-electron chi connectivity index (χ4n) is 2.13. The highest BCUT2D eigenvalue weighted by atomic mass is 19.1. The van der Waals surface area contributed by atoms with Crippen molar-refractivity contribution in [3.05, 3.63) is 0 Å². The van der Waals surface area contributed by atoms with Crippen molar-refractivity contribution in [1.82, 2.24) is 0 Å². The van der Waals surface area contributed by atoms with E-state index in [4.69, 9.17) is 9.47 Å². The number of halogens is 1. The van der Waals surface area contributed by atoms with Gasteiger partial charge in [-0.2, -0.15) is 0 Å². The third-order valence-electron chi connectivity index (χ3n) is 3.02. The molecule has 1 unspecified atom stereocenters. The van der Waals surface area contributed by atoms with Crippen LogP contribution in [-0.4, -0.2) is 26.7 Å². The highest BCUT2D eigenvalue weighted by molar-refractivity contribution is 4.83. The van der Waals surface area contributed by atoms with Gasteiger partial charge in [0, 0.05) is 27.1 Å². The van der Waals surface area contributed by atoms with Crippen LogP contribution in [0.1, 0.15) is 32.1 Å². The van der Waals surface area contributed by atoms with Gasteiger partial charge in [0.25, 0.3) is 0 Å². The Morgan fingerprint density at radius 3 is 2.54 bits per heavy atom. The fourth-order valence-corrected chi connectivity index (χ4v) is 2.13. The average Bonchev–Trinajstić information content (AvgIpc) is 2.59. The molecule has 0 spiro atoms. The molecule has 0 N–H and O–H groups in total. The zero-order valence-corrected chi connectivity index (χ0v) is 8.51. The van der Waals surface area contributed by atoms with Gasteiger partial charge in [0.05, 0.1) is 6.67 Å². The van der Waals surface area contributed by atoms with Crippen molar-refractivity contribution in [3.63, 3.8) is 0 Å². The van der Waals surface area contributed by atoms with Crippen LogP contribution < -0.4 is 0 Å². The molecule has 0 aromatic carbocycles. The summed E-state index contributed by atoms with van der Waals surface area (Å²) in [5.74, 6) is 0.205. The van der Waals surface area contributed by atoms with Gasteiger partial charge in [-0.05, 0) is 25.2 Å². The molecule has 0 saturated heterocycles. The van der Waals surface area contributed by atoms with E-state index in [1.54, 1.807) is 14.2 Å².